The Hall–Kier alpha value is -0.800. The van der Waals surface area contributed by atoms with Gasteiger partial charge in [0.15, 0.2) is 0 Å². The highest BCUT2D eigenvalue weighted by Gasteiger charge is 2.18. The lowest BCUT2D eigenvalue weighted by molar-refractivity contribution is 0.409. The standard InChI is InChI=1S/C12H16ClFN2/c13-11-5-4-10(7-12(11)14)16-9-3-1-2-8(15)6-9/h4-5,7-9,16H,1-3,6,15H2. The summed E-state index contributed by atoms with van der Waals surface area (Å²) in [5, 5.41) is 3.46. The smallest absolute Gasteiger partial charge is 0.143 e. The summed E-state index contributed by atoms with van der Waals surface area (Å²) in [4.78, 5) is 0. The van der Waals surface area contributed by atoms with E-state index >= 15 is 0 Å². The average Bonchev–Trinajstić information content (AvgIpc) is 2.24. The van der Waals surface area contributed by atoms with Crippen LogP contribution in [0.25, 0.3) is 0 Å². The predicted molar refractivity (Wildman–Crippen MR) is 65.3 cm³/mol. The van der Waals surface area contributed by atoms with Crippen LogP contribution in [0.15, 0.2) is 18.2 Å². The molecule has 2 unspecified atom stereocenters. The van der Waals surface area contributed by atoms with Gasteiger partial charge < -0.3 is 11.1 Å². The molecule has 0 heterocycles. The van der Waals surface area contributed by atoms with E-state index in [2.05, 4.69) is 5.32 Å². The summed E-state index contributed by atoms with van der Waals surface area (Å²) < 4.78 is 13.2. The molecule has 1 aliphatic rings. The third kappa shape index (κ3) is 2.86. The summed E-state index contributed by atoms with van der Waals surface area (Å²) in [5.41, 5.74) is 6.68. The highest BCUT2D eigenvalue weighted by Crippen LogP contribution is 2.23. The minimum atomic E-state index is -0.383. The lowest BCUT2D eigenvalue weighted by Crippen LogP contribution is -2.34. The van der Waals surface area contributed by atoms with Gasteiger partial charge in [-0.3, -0.25) is 0 Å². The van der Waals surface area contributed by atoms with Gasteiger partial charge in [0.25, 0.3) is 0 Å². The molecule has 88 valence electrons. The maximum atomic E-state index is 13.2. The Bertz CT molecular complexity index is 370. The van der Waals surface area contributed by atoms with Crippen LogP contribution >= 0.6 is 11.6 Å². The Kier molecular flexibility index (Phi) is 3.66. The second-order valence-electron chi connectivity index (χ2n) is 4.40. The Balaban J connectivity index is 2.00. The monoisotopic (exact) mass is 242 g/mol. The highest BCUT2D eigenvalue weighted by molar-refractivity contribution is 6.30. The third-order valence-electron chi connectivity index (χ3n) is 3.01. The molecule has 0 aliphatic heterocycles. The zero-order chi connectivity index (χ0) is 11.5. The molecule has 2 nitrogen and oxygen atoms in total. The first-order valence-corrected chi connectivity index (χ1v) is 6.00. The van der Waals surface area contributed by atoms with Crippen molar-refractivity contribution in [2.24, 2.45) is 5.73 Å². The maximum Gasteiger partial charge on any atom is 0.143 e. The summed E-state index contributed by atoms with van der Waals surface area (Å²) in [6, 6.07) is 5.42. The van der Waals surface area contributed by atoms with E-state index in [0.29, 0.717) is 6.04 Å². The molecular weight excluding hydrogens is 227 g/mol. The van der Waals surface area contributed by atoms with Crippen LogP contribution in [-0.2, 0) is 0 Å². The Morgan fingerprint density at radius 1 is 1.38 bits per heavy atom. The second kappa shape index (κ2) is 5.02. The molecule has 0 aromatic heterocycles. The number of nitrogens with two attached hydrogens (primary N) is 1. The van der Waals surface area contributed by atoms with Crippen LogP contribution in [0, 0.1) is 5.82 Å². The maximum absolute atomic E-state index is 13.2. The summed E-state index contributed by atoms with van der Waals surface area (Å²) >= 11 is 5.62. The zero-order valence-corrected chi connectivity index (χ0v) is 9.80. The summed E-state index contributed by atoms with van der Waals surface area (Å²) in [5.74, 6) is -0.383. The first-order chi connectivity index (χ1) is 7.65. The molecule has 4 heteroatoms. The van der Waals surface area contributed by atoms with Gasteiger partial charge in [-0.15, -0.1) is 0 Å². The van der Waals surface area contributed by atoms with E-state index in [9.17, 15) is 4.39 Å². The summed E-state index contributed by atoms with van der Waals surface area (Å²) in [6.45, 7) is 0. The van der Waals surface area contributed by atoms with Crippen LogP contribution in [0.3, 0.4) is 0 Å². The minimum Gasteiger partial charge on any atom is -0.382 e. The third-order valence-corrected chi connectivity index (χ3v) is 3.31. The molecular formula is C12H16ClFN2. The Morgan fingerprint density at radius 2 is 2.19 bits per heavy atom. The zero-order valence-electron chi connectivity index (χ0n) is 9.05. The van der Waals surface area contributed by atoms with Crippen LogP contribution < -0.4 is 11.1 Å². The molecule has 16 heavy (non-hydrogen) atoms. The van der Waals surface area contributed by atoms with Gasteiger partial charge in [-0.2, -0.15) is 0 Å². The molecule has 2 atom stereocenters. The van der Waals surface area contributed by atoms with Crippen molar-refractivity contribution in [1.82, 2.24) is 0 Å². The fourth-order valence-corrected chi connectivity index (χ4v) is 2.30. The first-order valence-electron chi connectivity index (χ1n) is 5.62. The number of hydrogen-bond donors (Lipinski definition) is 2. The SMILES string of the molecule is NC1CCCC(Nc2ccc(Cl)c(F)c2)C1. The molecule has 0 spiro atoms. The first kappa shape index (κ1) is 11.7. The van der Waals surface area contributed by atoms with E-state index in [0.717, 1.165) is 31.4 Å². The van der Waals surface area contributed by atoms with E-state index in [1.807, 2.05) is 0 Å². The topological polar surface area (TPSA) is 38.0 Å². The van der Waals surface area contributed by atoms with Gasteiger partial charge in [0.2, 0.25) is 0 Å². The average molecular weight is 243 g/mol. The number of halogens is 2. The van der Waals surface area contributed by atoms with Gasteiger partial charge in [0.1, 0.15) is 5.82 Å². The van der Waals surface area contributed by atoms with E-state index in [1.165, 1.54) is 6.07 Å². The molecule has 0 radical (unpaired) electrons. The van der Waals surface area contributed by atoms with Gasteiger partial charge in [0, 0.05) is 17.8 Å². The number of anilines is 1. The van der Waals surface area contributed by atoms with E-state index in [-0.39, 0.29) is 16.9 Å². The molecule has 1 saturated carbocycles. The van der Waals surface area contributed by atoms with Crippen LogP contribution in [0.2, 0.25) is 5.02 Å². The molecule has 2 rings (SSSR count). The van der Waals surface area contributed by atoms with Crippen LogP contribution in [0.4, 0.5) is 10.1 Å². The van der Waals surface area contributed by atoms with E-state index in [1.54, 1.807) is 12.1 Å². The van der Waals surface area contributed by atoms with Crippen molar-refractivity contribution in [1.29, 1.82) is 0 Å². The number of benzene rings is 1. The van der Waals surface area contributed by atoms with Crippen molar-refractivity contribution >= 4 is 17.3 Å². The predicted octanol–water partition coefficient (Wildman–Crippen LogP) is 3.16. The molecule has 1 aliphatic carbocycles. The molecule has 1 aromatic rings. The van der Waals surface area contributed by atoms with Crippen LogP contribution in [0.5, 0.6) is 0 Å². The lowest BCUT2D eigenvalue weighted by Gasteiger charge is -2.28. The second-order valence-corrected chi connectivity index (χ2v) is 4.80. The molecule has 1 fully saturated rings. The van der Waals surface area contributed by atoms with E-state index in [4.69, 9.17) is 17.3 Å². The number of rotatable bonds is 2. The van der Waals surface area contributed by atoms with Crippen LogP contribution in [0.1, 0.15) is 25.7 Å². The van der Waals surface area contributed by atoms with Crippen LogP contribution in [-0.4, -0.2) is 12.1 Å². The van der Waals surface area contributed by atoms with Gasteiger partial charge in [0.05, 0.1) is 5.02 Å². The van der Waals surface area contributed by atoms with Crippen molar-refractivity contribution in [2.45, 2.75) is 37.8 Å². The van der Waals surface area contributed by atoms with Gasteiger partial charge in [-0.25, -0.2) is 4.39 Å². The Labute approximate surface area is 100.0 Å². The van der Waals surface area contributed by atoms with Crippen molar-refractivity contribution in [3.05, 3.63) is 29.0 Å². The van der Waals surface area contributed by atoms with Gasteiger partial charge >= 0.3 is 0 Å². The van der Waals surface area contributed by atoms with Crippen molar-refractivity contribution in [3.8, 4) is 0 Å². The highest BCUT2D eigenvalue weighted by atomic mass is 35.5. The van der Waals surface area contributed by atoms with Crippen molar-refractivity contribution in [3.63, 3.8) is 0 Å². The molecule has 0 bridgehead atoms. The summed E-state index contributed by atoms with van der Waals surface area (Å²) in [7, 11) is 0. The fourth-order valence-electron chi connectivity index (χ4n) is 2.18. The quantitative estimate of drug-likeness (QED) is 0.836. The molecule has 0 amide bonds. The fraction of sp³-hybridized carbons (Fsp3) is 0.500. The number of hydrogen-bond acceptors (Lipinski definition) is 2. The van der Waals surface area contributed by atoms with E-state index < -0.39 is 0 Å². The normalized spacial score (nSPS) is 25.4. The van der Waals surface area contributed by atoms with Gasteiger partial charge in [-0.1, -0.05) is 11.6 Å². The van der Waals surface area contributed by atoms with Crippen molar-refractivity contribution in [2.75, 3.05) is 5.32 Å². The lowest BCUT2D eigenvalue weighted by atomic mass is 9.91. The molecule has 0 saturated heterocycles. The molecule has 1 aromatic carbocycles. The summed E-state index contributed by atoms with van der Waals surface area (Å²) in [6.07, 6.45) is 4.27. The van der Waals surface area contributed by atoms with Crippen molar-refractivity contribution < 1.29 is 4.39 Å². The molecule has 3 N–H and O–H groups in total. The minimum absolute atomic E-state index is 0.158. The Morgan fingerprint density at radius 3 is 2.88 bits per heavy atom. The number of nitrogens with one attached hydrogen (secondary N) is 1. The largest absolute Gasteiger partial charge is 0.382 e. The van der Waals surface area contributed by atoms with Gasteiger partial charge in [-0.05, 0) is 43.9 Å².